The normalized spacial score (nSPS) is 10.3. The molecule has 2 aromatic rings. The van der Waals surface area contributed by atoms with E-state index in [2.05, 4.69) is 31.2 Å². The van der Waals surface area contributed by atoms with Gasteiger partial charge in [0.1, 0.15) is 11.4 Å². The van der Waals surface area contributed by atoms with Crippen LogP contribution in [0.2, 0.25) is 0 Å². The third-order valence-corrected chi connectivity index (χ3v) is 3.50. The van der Waals surface area contributed by atoms with Gasteiger partial charge in [-0.3, -0.25) is 0 Å². The predicted molar refractivity (Wildman–Crippen MR) is 82.6 cm³/mol. The highest BCUT2D eigenvalue weighted by Crippen LogP contribution is 2.27. The van der Waals surface area contributed by atoms with Gasteiger partial charge in [0.2, 0.25) is 0 Å². The molecule has 0 radical (unpaired) electrons. The van der Waals surface area contributed by atoms with Crippen LogP contribution in [0.3, 0.4) is 0 Å². The fraction of sp³-hybridized carbons (Fsp3) is 0.0833. The number of aromatic nitrogens is 2. The zero-order chi connectivity index (χ0) is 14.7. The maximum Gasteiger partial charge on any atom is 0.341 e. The second-order valence-corrected chi connectivity index (χ2v) is 5.47. The van der Waals surface area contributed by atoms with Gasteiger partial charge in [-0.05, 0) is 24.5 Å². The Labute approximate surface area is 127 Å². The molecule has 8 heteroatoms. The number of carboxylic acid groups (broad SMARTS) is 1. The van der Waals surface area contributed by atoms with Gasteiger partial charge >= 0.3 is 5.97 Å². The number of hydrogen-bond acceptors (Lipinski definition) is 6. The molecule has 0 saturated heterocycles. The fourth-order valence-electron chi connectivity index (χ4n) is 1.49. The van der Waals surface area contributed by atoms with Crippen LogP contribution in [0.15, 0.2) is 34.0 Å². The topological polar surface area (TPSA) is 101 Å². The largest absolute Gasteiger partial charge is 0.477 e. The number of nitrogen functional groups attached to an aromatic ring is 1. The second-order valence-electron chi connectivity index (χ2n) is 3.78. The van der Waals surface area contributed by atoms with Crippen LogP contribution in [-0.4, -0.2) is 27.3 Å². The average Bonchev–Trinajstić information content (AvgIpc) is 2.41. The van der Waals surface area contributed by atoms with Crippen LogP contribution in [0.1, 0.15) is 10.4 Å². The molecular weight excluding hydrogens is 344 g/mol. The minimum atomic E-state index is -1.10. The van der Waals surface area contributed by atoms with Crippen molar-refractivity contribution < 1.29 is 9.90 Å². The van der Waals surface area contributed by atoms with Crippen LogP contribution < -0.4 is 11.1 Å². The summed E-state index contributed by atoms with van der Waals surface area (Å²) >= 11 is 4.64. The summed E-state index contributed by atoms with van der Waals surface area (Å²) in [5.74, 6) is -0.887. The van der Waals surface area contributed by atoms with Crippen molar-refractivity contribution in [1.82, 2.24) is 9.97 Å². The lowest BCUT2D eigenvalue weighted by Crippen LogP contribution is -2.07. The molecule has 104 valence electrons. The van der Waals surface area contributed by atoms with E-state index in [1.165, 1.54) is 18.0 Å². The van der Waals surface area contributed by atoms with E-state index in [0.29, 0.717) is 16.5 Å². The number of anilines is 3. The van der Waals surface area contributed by atoms with Crippen LogP contribution in [-0.2, 0) is 0 Å². The Bertz CT molecular complexity index is 666. The predicted octanol–water partition coefficient (Wildman–Crippen LogP) is 2.99. The quantitative estimate of drug-likeness (QED) is 0.440. The van der Waals surface area contributed by atoms with E-state index >= 15 is 0 Å². The minimum Gasteiger partial charge on any atom is -0.477 e. The van der Waals surface area contributed by atoms with E-state index in [9.17, 15) is 4.79 Å². The van der Waals surface area contributed by atoms with E-state index < -0.39 is 5.97 Å². The first-order chi connectivity index (χ1) is 9.51. The monoisotopic (exact) mass is 354 g/mol. The summed E-state index contributed by atoms with van der Waals surface area (Å²) in [5.41, 5.74) is 6.94. The molecule has 1 aromatic carbocycles. The van der Waals surface area contributed by atoms with Gasteiger partial charge in [-0.25, -0.2) is 14.8 Å². The Morgan fingerprint density at radius 3 is 2.85 bits per heavy atom. The van der Waals surface area contributed by atoms with Gasteiger partial charge in [0.25, 0.3) is 0 Å². The Kier molecular flexibility index (Phi) is 4.46. The molecule has 1 aromatic heterocycles. The lowest BCUT2D eigenvalue weighted by atomic mass is 10.2. The molecule has 0 saturated carbocycles. The van der Waals surface area contributed by atoms with Gasteiger partial charge in [0, 0.05) is 10.7 Å². The number of rotatable bonds is 4. The highest BCUT2D eigenvalue weighted by molar-refractivity contribution is 9.10. The number of carbonyl (C=O) groups is 1. The van der Waals surface area contributed by atoms with Crippen molar-refractivity contribution in [3.8, 4) is 0 Å². The highest BCUT2D eigenvalue weighted by Gasteiger charge is 2.14. The van der Waals surface area contributed by atoms with Crippen LogP contribution in [0.25, 0.3) is 0 Å². The molecule has 6 nitrogen and oxygen atoms in total. The second kappa shape index (κ2) is 6.10. The number of carboxylic acids is 1. The maximum atomic E-state index is 11.2. The van der Waals surface area contributed by atoms with Crippen LogP contribution in [0.4, 0.5) is 17.2 Å². The summed E-state index contributed by atoms with van der Waals surface area (Å²) in [6.45, 7) is 0. The molecule has 0 aliphatic heterocycles. The number of halogens is 1. The summed E-state index contributed by atoms with van der Waals surface area (Å²) in [4.78, 5) is 19.3. The number of nitrogens with two attached hydrogens (primary N) is 1. The molecule has 0 spiro atoms. The molecule has 2 rings (SSSR count). The standard InChI is InChI=1S/C12H11BrN4O2S/c1-20-12-15-5-7(11(18)19)10(17-12)16-9-3-2-6(13)4-8(9)14/h2-5H,14H2,1H3,(H,18,19)(H,15,16,17). The number of benzene rings is 1. The molecule has 4 N–H and O–H groups in total. The molecule has 0 bridgehead atoms. The Morgan fingerprint density at radius 1 is 1.50 bits per heavy atom. The fourth-order valence-corrected chi connectivity index (χ4v) is 2.21. The van der Waals surface area contributed by atoms with Crippen molar-refractivity contribution in [2.75, 3.05) is 17.3 Å². The third-order valence-electron chi connectivity index (χ3n) is 2.45. The summed E-state index contributed by atoms with van der Waals surface area (Å²) in [7, 11) is 0. The first kappa shape index (κ1) is 14.6. The molecule has 0 unspecified atom stereocenters. The zero-order valence-corrected chi connectivity index (χ0v) is 12.8. The molecule has 0 fully saturated rings. The molecule has 1 heterocycles. The van der Waals surface area contributed by atoms with E-state index in [1.54, 1.807) is 18.2 Å². The molecule has 0 amide bonds. The first-order valence-electron chi connectivity index (χ1n) is 5.47. The first-order valence-corrected chi connectivity index (χ1v) is 7.49. The summed E-state index contributed by atoms with van der Waals surface area (Å²) in [6, 6.07) is 5.27. The number of thioether (sulfide) groups is 1. The van der Waals surface area contributed by atoms with E-state index in [-0.39, 0.29) is 11.4 Å². The maximum absolute atomic E-state index is 11.2. The van der Waals surface area contributed by atoms with Crippen molar-refractivity contribution in [3.05, 3.63) is 34.4 Å². The van der Waals surface area contributed by atoms with Gasteiger partial charge < -0.3 is 16.2 Å². The van der Waals surface area contributed by atoms with Gasteiger partial charge in [0.15, 0.2) is 5.16 Å². The Morgan fingerprint density at radius 2 is 2.25 bits per heavy atom. The van der Waals surface area contributed by atoms with Crippen molar-refractivity contribution in [2.45, 2.75) is 5.16 Å². The average molecular weight is 355 g/mol. The van der Waals surface area contributed by atoms with Crippen LogP contribution in [0.5, 0.6) is 0 Å². The number of nitrogens with one attached hydrogen (secondary N) is 1. The SMILES string of the molecule is CSc1ncc(C(=O)O)c(Nc2ccc(Br)cc2N)n1. The smallest absolute Gasteiger partial charge is 0.341 e. The minimum absolute atomic E-state index is 0.00915. The zero-order valence-electron chi connectivity index (χ0n) is 10.4. The summed E-state index contributed by atoms with van der Waals surface area (Å²) in [5, 5.41) is 12.6. The molecule has 20 heavy (non-hydrogen) atoms. The van der Waals surface area contributed by atoms with Crippen LogP contribution >= 0.6 is 27.7 Å². The van der Waals surface area contributed by atoms with E-state index in [1.807, 2.05) is 6.26 Å². The van der Waals surface area contributed by atoms with Crippen molar-refractivity contribution in [2.24, 2.45) is 0 Å². The summed E-state index contributed by atoms with van der Waals surface area (Å²) < 4.78 is 0.839. The van der Waals surface area contributed by atoms with Gasteiger partial charge in [-0.1, -0.05) is 27.7 Å². The Hall–Kier alpha value is -1.80. The highest BCUT2D eigenvalue weighted by atomic mass is 79.9. The Balaban J connectivity index is 2.43. The lowest BCUT2D eigenvalue weighted by Gasteiger charge is -2.11. The molecule has 0 aliphatic carbocycles. The van der Waals surface area contributed by atoms with Gasteiger partial charge in [-0.15, -0.1) is 0 Å². The van der Waals surface area contributed by atoms with Crippen LogP contribution in [0, 0.1) is 0 Å². The molecular formula is C12H11BrN4O2S. The number of nitrogens with zero attached hydrogens (tertiary/aromatic N) is 2. The molecule has 0 atom stereocenters. The van der Waals surface area contributed by atoms with Crippen molar-refractivity contribution >= 4 is 50.9 Å². The number of hydrogen-bond donors (Lipinski definition) is 3. The van der Waals surface area contributed by atoms with Crippen molar-refractivity contribution in [1.29, 1.82) is 0 Å². The third kappa shape index (κ3) is 3.20. The van der Waals surface area contributed by atoms with Crippen molar-refractivity contribution in [3.63, 3.8) is 0 Å². The lowest BCUT2D eigenvalue weighted by molar-refractivity contribution is 0.0697. The summed E-state index contributed by atoms with van der Waals surface area (Å²) in [6.07, 6.45) is 3.09. The molecule has 0 aliphatic rings. The van der Waals surface area contributed by atoms with E-state index in [0.717, 1.165) is 4.47 Å². The van der Waals surface area contributed by atoms with Gasteiger partial charge in [0.05, 0.1) is 11.4 Å². The van der Waals surface area contributed by atoms with Gasteiger partial charge in [-0.2, -0.15) is 0 Å². The van der Waals surface area contributed by atoms with E-state index in [4.69, 9.17) is 10.8 Å². The number of aromatic carboxylic acids is 1.